The van der Waals surface area contributed by atoms with Gasteiger partial charge >= 0.3 is 0 Å². The molecule has 5 heteroatoms. The number of pyridine rings is 1. The number of hydrogen-bond donors (Lipinski definition) is 0. The van der Waals surface area contributed by atoms with E-state index in [1.807, 2.05) is 10.7 Å². The normalized spacial score (nSPS) is 16.6. The molecule has 0 bridgehead atoms. The molecule has 0 unspecified atom stereocenters. The van der Waals surface area contributed by atoms with Gasteiger partial charge in [0.25, 0.3) is 0 Å². The van der Waals surface area contributed by atoms with Gasteiger partial charge in [0.2, 0.25) is 0 Å². The average molecular weight is 256 g/mol. The Morgan fingerprint density at radius 1 is 1.42 bits per heavy atom. The van der Waals surface area contributed by atoms with Crippen LogP contribution in [0.3, 0.4) is 0 Å². The minimum Gasteiger partial charge on any atom is -0.381 e. The smallest absolute Gasteiger partial charge is 0.159 e. The molecule has 2 aromatic rings. The topological polar surface area (TPSA) is 63.7 Å². The maximum absolute atomic E-state index is 9.00. The standard InChI is InChI=1S/C14H16N4O/c1-2-13-12-4-3-10(9-15)16-14(12)18(17-13)11-5-7-19-8-6-11/h3-4,11H,2,5-8H2,1H3. The number of nitrogens with zero attached hydrogens (tertiary/aromatic N) is 4. The van der Waals surface area contributed by atoms with Crippen LogP contribution in [0.1, 0.15) is 37.2 Å². The van der Waals surface area contributed by atoms with Crippen LogP contribution >= 0.6 is 0 Å². The van der Waals surface area contributed by atoms with Gasteiger partial charge in [-0.3, -0.25) is 0 Å². The molecule has 1 fully saturated rings. The van der Waals surface area contributed by atoms with Gasteiger partial charge in [-0.2, -0.15) is 10.4 Å². The zero-order valence-electron chi connectivity index (χ0n) is 11.0. The maximum atomic E-state index is 9.00. The summed E-state index contributed by atoms with van der Waals surface area (Å²) in [5.41, 5.74) is 2.34. The number of ether oxygens (including phenoxy) is 1. The fraction of sp³-hybridized carbons (Fsp3) is 0.500. The van der Waals surface area contributed by atoms with Crippen LogP contribution < -0.4 is 0 Å². The first-order valence-corrected chi connectivity index (χ1v) is 6.69. The van der Waals surface area contributed by atoms with Crippen molar-refractivity contribution >= 4 is 11.0 Å². The number of hydrogen-bond acceptors (Lipinski definition) is 4. The van der Waals surface area contributed by atoms with Gasteiger partial charge < -0.3 is 4.74 Å². The molecule has 0 aliphatic carbocycles. The Balaban J connectivity index is 2.14. The molecule has 19 heavy (non-hydrogen) atoms. The van der Waals surface area contributed by atoms with Crippen molar-refractivity contribution in [1.29, 1.82) is 5.26 Å². The van der Waals surface area contributed by atoms with E-state index in [2.05, 4.69) is 18.0 Å². The van der Waals surface area contributed by atoms with E-state index in [1.165, 1.54) is 0 Å². The molecule has 2 aromatic heterocycles. The van der Waals surface area contributed by atoms with E-state index in [0.717, 1.165) is 49.2 Å². The quantitative estimate of drug-likeness (QED) is 0.826. The fourth-order valence-electron chi connectivity index (χ4n) is 2.59. The van der Waals surface area contributed by atoms with Crippen LogP contribution in [0.4, 0.5) is 0 Å². The van der Waals surface area contributed by atoms with Crippen LogP contribution in [0.5, 0.6) is 0 Å². The summed E-state index contributed by atoms with van der Waals surface area (Å²) in [6.07, 6.45) is 2.79. The molecule has 0 aromatic carbocycles. The van der Waals surface area contributed by atoms with E-state index >= 15 is 0 Å². The first-order valence-electron chi connectivity index (χ1n) is 6.69. The van der Waals surface area contributed by atoms with Gasteiger partial charge in [0, 0.05) is 18.6 Å². The monoisotopic (exact) mass is 256 g/mol. The summed E-state index contributed by atoms with van der Waals surface area (Å²) in [5, 5.41) is 14.8. The molecule has 0 N–H and O–H groups in total. The number of rotatable bonds is 2. The summed E-state index contributed by atoms with van der Waals surface area (Å²) in [5.74, 6) is 0. The minimum atomic E-state index is 0.331. The van der Waals surface area contributed by atoms with Crippen LogP contribution in [0, 0.1) is 11.3 Å². The van der Waals surface area contributed by atoms with Crippen molar-refractivity contribution < 1.29 is 4.74 Å². The third-order valence-corrected chi connectivity index (χ3v) is 3.62. The lowest BCUT2D eigenvalue weighted by atomic mass is 10.1. The summed E-state index contributed by atoms with van der Waals surface area (Å²) in [4.78, 5) is 4.44. The van der Waals surface area contributed by atoms with Crippen molar-refractivity contribution in [3.05, 3.63) is 23.5 Å². The molecule has 1 aliphatic heterocycles. The lowest BCUT2D eigenvalue weighted by molar-refractivity contribution is 0.0672. The predicted molar refractivity (Wildman–Crippen MR) is 70.7 cm³/mol. The third-order valence-electron chi connectivity index (χ3n) is 3.62. The van der Waals surface area contributed by atoms with Crippen molar-refractivity contribution in [2.24, 2.45) is 0 Å². The van der Waals surface area contributed by atoms with E-state index in [1.54, 1.807) is 6.07 Å². The molecule has 1 aliphatic rings. The van der Waals surface area contributed by atoms with Crippen molar-refractivity contribution in [3.8, 4) is 6.07 Å². The third kappa shape index (κ3) is 2.08. The minimum absolute atomic E-state index is 0.331. The van der Waals surface area contributed by atoms with E-state index in [9.17, 15) is 0 Å². The number of aryl methyl sites for hydroxylation is 1. The summed E-state index contributed by atoms with van der Waals surface area (Å²) >= 11 is 0. The Kier molecular flexibility index (Phi) is 3.18. The van der Waals surface area contributed by atoms with E-state index in [4.69, 9.17) is 15.1 Å². The number of nitriles is 1. The van der Waals surface area contributed by atoms with Gasteiger partial charge in [0.05, 0.1) is 11.7 Å². The van der Waals surface area contributed by atoms with Crippen molar-refractivity contribution in [2.45, 2.75) is 32.2 Å². The lowest BCUT2D eigenvalue weighted by Crippen LogP contribution is -2.20. The van der Waals surface area contributed by atoms with Gasteiger partial charge in [0.1, 0.15) is 11.8 Å². The van der Waals surface area contributed by atoms with Crippen LogP contribution in [-0.2, 0) is 11.2 Å². The summed E-state index contributed by atoms with van der Waals surface area (Å²) < 4.78 is 7.39. The molecule has 0 spiro atoms. The highest BCUT2D eigenvalue weighted by atomic mass is 16.5. The van der Waals surface area contributed by atoms with E-state index < -0.39 is 0 Å². The first kappa shape index (κ1) is 12.1. The van der Waals surface area contributed by atoms with Crippen LogP contribution in [0.2, 0.25) is 0 Å². The predicted octanol–water partition coefficient (Wildman–Crippen LogP) is 2.22. The van der Waals surface area contributed by atoms with Crippen LogP contribution in [-0.4, -0.2) is 28.0 Å². The van der Waals surface area contributed by atoms with E-state index in [-0.39, 0.29) is 0 Å². The highest BCUT2D eigenvalue weighted by Gasteiger charge is 2.21. The first-order chi connectivity index (χ1) is 9.33. The van der Waals surface area contributed by atoms with Crippen molar-refractivity contribution in [3.63, 3.8) is 0 Å². The number of fused-ring (bicyclic) bond motifs is 1. The largest absolute Gasteiger partial charge is 0.381 e. The molecule has 0 amide bonds. The second-order valence-electron chi connectivity index (χ2n) is 4.77. The zero-order valence-corrected chi connectivity index (χ0v) is 11.0. The second-order valence-corrected chi connectivity index (χ2v) is 4.77. The zero-order chi connectivity index (χ0) is 13.2. The Morgan fingerprint density at radius 3 is 2.89 bits per heavy atom. The maximum Gasteiger partial charge on any atom is 0.159 e. The molecule has 0 atom stereocenters. The molecule has 1 saturated heterocycles. The molecular weight excluding hydrogens is 240 g/mol. The second kappa shape index (κ2) is 4.98. The number of aromatic nitrogens is 3. The molecule has 0 saturated carbocycles. The summed E-state index contributed by atoms with van der Waals surface area (Å²) in [7, 11) is 0. The Morgan fingerprint density at radius 2 is 2.21 bits per heavy atom. The van der Waals surface area contributed by atoms with Gasteiger partial charge in [-0.25, -0.2) is 9.67 Å². The van der Waals surface area contributed by atoms with Gasteiger partial charge in [-0.1, -0.05) is 6.92 Å². The highest BCUT2D eigenvalue weighted by Crippen LogP contribution is 2.26. The molecule has 3 rings (SSSR count). The SMILES string of the molecule is CCc1nn(C2CCOCC2)c2nc(C#N)ccc12. The molecule has 0 radical (unpaired) electrons. The van der Waals surface area contributed by atoms with E-state index in [0.29, 0.717) is 11.7 Å². The average Bonchev–Trinajstić information content (AvgIpc) is 2.86. The Bertz CT molecular complexity index is 635. The Labute approximate surface area is 111 Å². The molecular formula is C14H16N4O. The molecule has 3 heterocycles. The van der Waals surface area contributed by atoms with Crippen LogP contribution in [0.25, 0.3) is 11.0 Å². The van der Waals surface area contributed by atoms with Gasteiger partial charge in [-0.05, 0) is 31.4 Å². The fourth-order valence-corrected chi connectivity index (χ4v) is 2.59. The molecule has 98 valence electrons. The highest BCUT2D eigenvalue weighted by molar-refractivity contribution is 5.79. The summed E-state index contributed by atoms with van der Waals surface area (Å²) in [6, 6.07) is 6.15. The van der Waals surface area contributed by atoms with Gasteiger partial charge in [-0.15, -0.1) is 0 Å². The Hall–Kier alpha value is -1.93. The molecule has 5 nitrogen and oxygen atoms in total. The van der Waals surface area contributed by atoms with Crippen molar-refractivity contribution in [1.82, 2.24) is 14.8 Å². The van der Waals surface area contributed by atoms with Crippen molar-refractivity contribution in [2.75, 3.05) is 13.2 Å². The lowest BCUT2D eigenvalue weighted by Gasteiger charge is -2.22. The summed E-state index contributed by atoms with van der Waals surface area (Å²) in [6.45, 7) is 3.63. The van der Waals surface area contributed by atoms with Gasteiger partial charge in [0.15, 0.2) is 5.65 Å². The van der Waals surface area contributed by atoms with Crippen LogP contribution in [0.15, 0.2) is 12.1 Å².